The van der Waals surface area contributed by atoms with Gasteiger partial charge in [-0.1, -0.05) is 24.3 Å². The van der Waals surface area contributed by atoms with E-state index in [0.29, 0.717) is 6.42 Å². The van der Waals surface area contributed by atoms with Gasteiger partial charge in [0.15, 0.2) is 6.10 Å². The van der Waals surface area contributed by atoms with Crippen molar-refractivity contribution >= 4 is 17.7 Å². The third-order valence-electron chi connectivity index (χ3n) is 3.95. The summed E-state index contributed by atoms with van der Waals surface area (Å²) in [6.07, 6.45) is 4.79. The fraction of sp³-hybridized carbons (Fsp3) is 0.375. The van der Waals surface area contributed by atoms with Crippen molar-refractivity contribution in [1.29, 1.82) is 0 Å². The average Bonchev–Trinajstić information content (AvgIpc) is 2.48. The van der Waals surface area contributed by atoms with Gasteiger partial charge in [-0.2, -0.15) is 0 Å². The van der Waals surface area contributed by atoms with Gasteiger partial charge in [0.05, 0.1) is 5.69 Å². The number of fused-ring (bicyclic) bond motifs is 1. The van der Waals surface area contributed by atoms with Crippen LogP contribution in [0.3, 0.4) is 0 Å². The van der Waals surface area contributed by atoms with Crippen LogP contribution in [-0.4, -0.2) is 18.1 Å². The van der Waals surface area contributed by atoms with Crippen molar-refractivity contribution in [3.8, 4) is 0 Å². The van der Waals surface area contributed by atoms with E-state index in [-0.39, 0.29) is 5.91 Å². The molecule has 5 heteroatoms. The van der Waals surface area contributed by atoms with Gasteiger partial charge >= 0.3 is 6.09 Å². The number of para-hydroxylation sites is 1. The number of benzene rings is 1. The van der Waals surface area contributed by atoms with Crippen LogP contribution in [0, 0.1) is 0 Å². The number of amides is 2. The zero-order valence-corrected chi connectivity index (χ0v) is 11.7. The molecule has 1 aromatic rings. The zero-order valence-electron chi connectivity index (χ0n) is 11.7. The summed E-state index contributed by atoms with van der Waals surface area (Å²) in [5.41, 5.74) is 7.96. The second-order valence-electron chi connectivity index (χ2n) is 5.37. The minimum absolute atomic E-state index is 0.208. The fourth-order valence-corrected chi connectivity index (χ4v) is 3.00. The monoisotopic (exact) mass is 286 g/mol. The summed E-state index contributed by atoms with van der Waals surface area (Å²) in [6.45, 7) is 0. The van der Waals surface area contributed by atoms with Gasteiger partial charge in [-0.25, -0.2) is 4.79 Å². The minimum atomic E-state index is -0.912. The first-order valence-corrected chi connectivity index (χ1v) is 7.24. The quantitative estimate of drug-likeness (QED) is 0.907. The minimum Gasteiger partial charge on any atom is -0.436 e. The lowest BCUT2D eigenvalue weighted by molar-refractivity contribution is -0.126. The van der Waals surface area contributed by atoms with E-state index in [9.17, 15) is 9.59 Å². The lowest BCUT2D eigenvalue weighted by Crippen LogP contribution is -2.46. The number of hydrogen-bond donors (Lipinski definition) is 1. The molecule has 1 heterocycles. The number of primary amides is 1. The SMILES string of the molecule is NC(=O)OC1Cc2ccccc2N(C2=CCCCC2)C1=O. The third kappa shape index (κ3) is 2.63. The van der Waals surface area contributed by atoms with E-state index in [4.69, 9.17) is 10.5 Å². The van der Waals surface area contributed by atoms with Crippen molar-refractivity contribution in [3.63, 3.8) is 0 Å². The standard InChI is InChI=1S/C16H18N2O3/c17-16(20)21-14-10-11-6-4-5-9-13(11)18(15(14)19)12-7-2-1-3-8-12/h4-7,9,14H,1-3,8,10H2,(H2,17,20). The maximum absolute atomic E-state index is 12.7. The molecule has 110 valence electrons. The van der Waals surface area contributed by atoms with Crippen molar-refractivity contribution in [2.75, 3.05) is 4.90 Å². The Morgan fingerprint density at radius 2 is 2.10 bits per heavy atom. The number of nitrogens with zero attached hydrogens (tertiary/aromatic N) is 1. The Kier molecular flexibility index (Phi) is 3.64. The van der Waals surface area contributed by atoms with Crippen LogP contribution in [0.5, 0.6) is 0 Å². The van der Waals surface area contributed by atoms with E-state index in [1.807, 2.05) is 24.3 Å². The Labute approximate surface area is 123 Å². The van der Waals surface area contributed by atoms with E-state index < -0.39 is 12.2 Å². The van der Waals surface area contributed by atoms with Gasteiger partial charge in [-0.3, -0.25) is 9.69 Å². The molecule has 21 heavy (non-hydrogen) atoms. The number of rotatable bonds is 2. The lowest BCUT2D eigenvalue weighted by Gasteiger charge is -2.35. The number of carbonyl (C=O) groups excluding carboxylic acids is 2. The van der Waals surface area contributed by atoms with E-state index in [1.165, 1.54) is 0 Å². The second-order valence-corrected chi connectivity index (χ2v) is 5.37. The number of anilines is 1. The summed E-state index contributed by atoms with van der Waals surface area (Å²) in [5, 5.41) is 0. The third-order valence-corrected chi connectivity index (χ3v) is 3.95. The zero-order chi connectivity index (χ0) is 14.8. The number of carbonyl (C=O) groups is 2. The normalized spacial score (nSPS) is 21.5. The molecule has 0 fully saturated rings. The van der Waals surface area contributed by atoms with E-state index >= 15 is 0 Å². The molecule has 3 rings (SSSR count). The lowest BCUT2D eigenvalue weighted by atomic mass is 9.95. The van der Waals surface area contributed by atoms with Gasteiger partial charge in [-0.15, -0.1) is 0 Å². The predicted octanol–water partition coefficient (Wildman–Crippen LogP) is 2.50. The summed E-state index contributed by atoms with van der Waals surface area (Å²) < 4.78 is 5.00. The molecule has 1 unspecified atom stereocenters. The van der Waals surface area contributed by atoms with Crippen molar-refractivity contribution in [2.24, 2.45) is 5.73 Å². The highest BCUT2D eigenvalue weighted by atomic mass is 16.6. The van der Waals surface area contributed by atoms with Crippen LogP contribution in [-0.2, 0) is 16.0 Å². The van der Waals surface area contributed by atoms with Crippen LogP contribution >= 0.6 is 0 Å². The van der Waals surface area contributed by atoms with Crippen molar-refractivity contribution < 1.29 is 14.3 Å². The molecule has 0 bridgehead atoms. The van der Waals surface area contributed by atoms with Crippen molar-refractivity contribution in [2.45, 2.75) is 38.2 Å². The Morgan fingerprint density at radius 3 is 2.81 bits per heavy atom. The smallest absolute Gasteiger partial charge is 0.405 e. The highest BCUT2D eigenvalue weighted by Gasteiger charge is 2.36. The summed E-state index contributed by atoms with van der Waals surface area (Å²) >= 11 is 0. The fourth-order valence-electron chi connectivity index (χ4n) is 3.00. The van der Waals surface area contributed by atoms with Gasteiger partial charge in [0.2, 0.25) is 0 Å². The van der Waals surface area contributed by atoms with Crippen LogP contribution < -0.4 is 10.6 Å². The molecule has 0 saturated carbocycles. The summed E-state index contributed by atoms with van der Waals surface area (Å²) in [4.78, 5) is 25.4. The van der Waals surface area contributed by atoms with Gasteiger partial charge in [0.25, 0.3) is 5.91 Å². The number of hydrogen-bond acceptors (Lipinski definition) is 3. The molecular formula is C16H18N2O3. The van der Waals surface area contributed by atoms with Gasteiger partial charge in [-0.05, 0) is 37.3 Å². The molecule has 1 aromatic carbocycles. The van der Waals surface area contributed by atoms with E-state index in [1.54, 1.807) is 4.90 Å². The summed E-state index contributed by atoms with van der Waals surface area (Å²) in [7, 11) is 0. The molecular weight excluding hydrogens is 268 g/mol. The number of allylic oxidation sites excluding steroid dienone is 2. The highest BCUT2D eigenvalue weighted by molar-refractivity contribution is 6.03. The van der Waals surface area contributed by atoms with Crippen LogP contribution in [0.1, 0.15) is 31.2 Å². The molecule has 5 nitrogen and oxygen atoms in total. The molecule has 0 radical (unpaired) electrons. The highest BCUT2D eigenvalue weighted by Crippen LogP contribution is 2.34. The molecule has 1 atom stereocenters. The molecule has 2 amide bonds. The van der Waals surface area contributed by atoms with Gasteiger partial charge < -0.3 is 10.5 Å². The van der Waals surface area contributed by atoms with Crippen LogP contribution in [0.25, 0.3) is 0 Å². The summed E-state index contributed by atoms with van der Waals surface area (Å²) in [6, 6.07) is 7.72. The molecule has 0 aromatic heterocycles. The van der Waals surface area contributed by atoms with Crippen LogP contribution in [0.15, 0.2) is 36.0 Å². The molecule has 1 aliphatic carbocycles. The summed E-state index contributed by atoms with van der Waals surface area (Å²) in [5.74, 6) is -0.208. The first kappa shape index (κ1) is 13.7. The Bertz CT molecular complexity index is 609. The average molecular weight is 286 g/mol. The molecule has 2 N–H and O–H groups in total. The number of nitrogens with two attached hydrogens (primary N) is 1. The van der Waals surface area contributed by atoms with Crippen LogP contribution in [0.2, 0.25) is 0 Å². The predicted molar refractivity (Wildman–Crippen MR) is 78.6 cm³/mol. The second kappa shape index (κ2) is 5.60. The number of ether oxygens (including phenoxy) is 1. The molecule has 0 saturated heterocycles. The van der Waals surface area contributed by atoms with Gasteiger partial charge in [0, 0.05) is 12.1 Å². The maximum Gasteiger partial charge on any atom is 0.405 e. The first-order chi connectivity index (χ1) is 10.2. The Balaban J connectivity index is 2.00. The molecule has 2 aliphatic rings. The first-order valence-electron chi connectivity index (χ1n) is 7.24. The maximum atomic E-state index is 12.7. The van der Waals surface area contributed by atoms with Crippen LogP contribution in [0.4, 0.5) is 10.5 Å². The largest absolute Gasteiger partial charge is 0.436 e. The molecule has 0 spiro atoms. The molecule has 1 aliphatic heterocycles. The topological polar surface area (TPSA) is 72.6 Å². The van der Waals surface area contributed by atoms with E-state index in [0.717, 1.165) is 42.6 Å². The van der Waals surface area contributed by atoms with Gasteiger partial charge in [0.1, 0.15) is 0 Å². The van der Waals surface area contributed by atoms with Crippen molar-refractivity contribution in [3.05, 3.63) is 41.6 Å². The Hall–Kier alpha value is -2.30. The van der Waals surface area contributed by atoms with Crippen molar-refractivity contribution in [1.82, 2.24) is 0 Å². The van der Waals surface area contributed by atoms with E-state index in [2.05, 4.69) is 6.08 Å². The Morgan fingerprint density at radius 1 is 1.29 bits per heavy atom.